The minimum atomic E-state index is -0.0699. The van der Waals surface area contributed by atoms with Gasteiger partial charge < -0.3 is 14.8 Å². The highest BCUT2D eigenvalue weighted by atomic mass is 32.1. The number of nitrogens with zero attached hydrogens (tertiary/aromatic N) is 4. The summed E-state index contributed by atoms with van der Waals surface area (Å²) in [4.78, 5) is 11.2. The van der Waals surface area contributed by atoms with E-state index in [9.17, 15) is 0 Å². The number of benzene rings is 2. The molecule has 34 heavy (non-hydrogen) atoms. The third kappa shape index (κ3) is 3.72. The van der Waals surface area contributed by atoms with Crippen molar-refractivity contribution in [3.63, 3.8) is 0 Å². The molecule has 1 fully saturated rings. The monoisotopic (exact) mass is 461 g/mol. The predicted molar refractivity (Wildman–Crippen MR) is 139 cm³/mol. The summed E-state index contributed by atoms with van der Waals surface area (Å²) < 4.78 is 2.26. The molecule has 1 aliphatic rings. The minimum absolute atomic E-state index is 0.0379. The number of rotatable bonds is 5. The quantitative estimate of drug-likeness (QED) is 0.346. The first kappa shape index (κ1) is 20.6. The van der Waals surface area contributed by atoms with Gasteiger partial charge in [-0.3, -0.25) is 9.97 Å². The first-order chi connectivity index (χ1) is 16.8. The van der Waals surface area contributed by atoms with Crippen molar-refractivity contribution in [2.24, 2.45) is 0 Å². The van der Waals surface area contributed by atoms with Gasteiger partial charge in [0.05, 0.1) is 17.8 Å². The second-order valence-electron chi connectivity index (χ2n) is 8.45. The lowest BCUT2D eigenvalue weighted by Gasteiger charge is -2.29. The lowest BCUT2D eigenvalue weighted by molar-refractivity contribution is 0.302. The number of hydrogen-bond donors (Lipinski definition) is 1. The molecule has 6 heteroatoms. The van der Waals surface area contributed by atoms with Gasteiger partial charge in [0.2, 0.25) is 0 Å². The Labute approximate surface area is 203 Å². The van der Waals surface area contributed by atoms with Crippen molar-refractivity contribution < 1.29 is 0 Å². The summed E-state index contributed by atoms with van der Waals surface area (Å²) in [6.07, 6.45) is 7.65. The molecule has 3 aromatic heterocycles. The number of nitrogens with one attached hydrogen (secondary N) is 1. The Kier molecular flexibility index (Phi) is 5.28. The van der Waals surface area contributed by atoms with E-state index in [-0.39, 0.29) is 12.1 Å². The van der Waals surface area contributed by atoms with Crippen molar-refractivity contribution in [2.45, 2.75) is 18.6 Å². The molecule has 0 bridgehead atoms. The molecule has 0 aliphatic carbocycles. The zero-order chi connectivity index (χ0) is 22.9. The lowest BCUT2D eigenvalue weighted by Crippen LogP contribution is -2.30. The second-order valence-corrected chi connectivity index (χ2v) is 8.84. The zero-order valence-electron chi connectivity index (χ0n) is 18.5. The molecule has 5 aromatic rings. The van der Waals surface area contributed by atoms with Crippen LogP contribution < -0.4 is 5.32 Å². The van der Waals surface area contributed by atoms with Crippen molar-refractivity contribution in [3.8, 4) is 5.69 Å². The first-order valence-corrected chi connectivity index (χ1v) is 11.7. The van der Waals surface area contributed by atoms with E-state index >= 15 is 0 Å². The SMILES string of the molecule is S=C1N[C@@H](c2ccccn2)[C@@H](c2cccn2-c2ccc3ccccc3c2)N1Cc1cccnc1. The van der Waals surface area contributed by atoms with Crippen LogP contribution in [0, 0.1) is 0 Å². The maximum Gasteiger partial charge on any atom is 0.170 e. The Bertz CT molecular complexity index is 1450. The molecular weight excluding hydrogens is 438 g/mol. The Morgan fingerprint density at radius 3 is 2.56 bits per heavy atom. The molecule has 0 saturated carbocycles. The summed E-state index contributed by atoms with van der Waals surface area (Å²) in [5.74, 6) is 0. The normalized spacial score (nSPS) is 17.8. The highest BCUT2D eigenvalue weighted by Crippen LogP contribution is 2.40. The number of thiocarbonyl (C=S) groups is 1. The number of pyridine rings is 2. The fourth-order valence-corrected chi connectivity index (χ4v) is 5.09. The zero-order valence-corrected chi connectivity index (χ0v) is 19.3. The molecular formula is C28H23N5S. The van der Waals surface area contributed by atoms with Crippen molar-refractivity contribution in [2.75, 3.05) is 0 Å². The molecule has 1 N–H and O–H groups in total. The fourth-order valence-electron chi connectivity index (χ4n) is 4.78. The third-order valence-electron chi connectivity index (χ3n) is 6.37. The van der Waals surface area contributed by atoms with Gasteiger partial charge in [-0.25, -0.2) is 0 Å². The molecule has 2 atom stereocenters. The van der Waals surface area contributed by atoms with Crippen molar-refractivity contribution in [1.82, 2.24) is 24.8 Å². The van der Waals surface area contributed by atoms with Crippen molar-refractivity contribution in [1.29, 1.82) is 0 Å². The van der Waals surface area contributed by atoms with Gasteiger partial charge in [0, 0.05) is 42.7 Å². The predicted octanol–water partition coefficient (Wildman–Crippen LogP) is 5.59. The molecule has 5 nitrogen and oxygen atoms in total. The molecule has 166 valence electrons. The maximum absolute atomic E-state index is 5.85. The molecule has 2 aromatic carbocycles. The minimum Gasteiger partial charge on any atom is -0.352 e. The van der Waals surface area contributed by atoms with Crippen LogP contribution >= 0.6 is 12.2 Å². The molecule has 0 unspecified atom stereocenters. The van der Waals surface area contributed by atoms with E-state index in [2.05, 4.69) is 97.7 Å². The van der Waals surface area contributed by atoms with Crippen LogP contribution in [0.1, 0.15) is 29.0 Å². The van der Waals surface area contributed by atoms with Crippen LogP contribution in [-0.2, 0) is 6.54 Å². The van der Waals surface area contributed by atoms with Gasteiger partial charge in [0.1, 0.15) is 0 Å². The van der Waals surface area contributed by atoms with Crippen molar-refractivity contribution >= 4 is 28.1 Å². The molecule has 0 radical (unpaired) electrons. The average Bonchev–Trinajstić information content (AvgIpc) is 3.49. The lowest BCUT2D eigenvalue weighted by atomic mass is 10.0. The highest BCUT2D eigenvalue weighted by molar-refractivity contribution is 7.80. The fraction of sp³-hybridized carbons (Fsp3) is 0.107. The topological polar surface area (TPSA) is 46.0 Å². The van der Waals surface area contributed by atoms with Gasteiger partial charge >= 0.3 is 0 Å². The van der Waals surface area contributed by atoms with Gasteiger partial charge in [-0.2, -0.15) is 0 Å². The molecule has 4 heterocycles. The second kappa shape index (κ2) is 8.72. The number of hydrogen-bond acceptors (Lipinski definition) is 3. The molecule has 0 amide bonds. The highest BCUT2D eigenvalue weighted by Gasteiger charge is 2.41. The van der Waals surface area contributed by atoms with E-state index < -0.39 is 0 Å². The Morgan fingerprint density at radius 2 is 1.74 bits per heavy atom. The summed E-state index contributed by atoms with van der Waals surface area (Å²) in [5.41, 5.74) is 4.36. The summed E-state index contributed by atoms with van der Waals surface area (Å²) in [5, 5.41) is 6.71. The summed E-state index contributed by atoms with van der Waals surface area (Å²) in [6.45, 7) is 0.663. The van der Waals surface area contributed by atoms with E-state index in [1.54, 1.807) is 6.20 Å². The first-order valence-electron chi connectivity index (χ1n) is 11.3. The third-order valence-corrected chi connectivity index (χ3v) is 6.72. The van der Waals surface area contributed by atoms with E-state index in [1.165, 1.54) is 10.8 Å². The van der Waals surface area contributed by atoms with Crippen molar-refractivity contribution in [3.05, 3.63) is 127 Å². The molecule has 0 spiro atoms. The van der Waals surface area contributed by atoms with E-state index in [4.69, 9.17) is 12.2 Å². The van der Waals surface area contributed by atoms with E-state index in [0.29, 0.717) is 6.54 Å². The van der Waals surface area contributed by atoms with E-state index in [0.717, 1.165) is 27.8 Å². The smallest absolute Gasteiger partial charge is 0.170 e. The average molecular weight is 462 g/mol. The molecule has 1 aliphatic heterocycles. The van der Waals surface area contributed by atoms with Crippen LogP contribution in [0.15, 0.2) is 110 Å². The van der Waals surface area contributed by atoms with Gasteiger partial charge in [-0.1, -0.05) is 42.5 Å². The van der Waals surface area contributed by atoms with Crippen LogP contribution in [-0.4, -0.2) is 24.5 Å². The van der Waals surface area contributed by atoms with Gasteiger partial charge in [0.25, 0.3) is 0 Å². The van der Waals surface area contributed by atoms with Crippen LogP contribution in [0.2, 0.25) is 0 Å². The van der Waals surface area contributed by atoms with Crippen LogP contribution in [0.3, 0.4) is 0 Å². The van der Waals surface area contributed by atoms with Crippen LogP contribution in [0.5, 0.6) is 0 Å². The summed E-state index contributed by atoms with van der Waals surface area (Å²) >= 11 is 5.85. The Morgan fingerprint density at radius 1 is 0.853 bits per heavy atom. The Hall–Kier alpha value is -4.03. The summed E-state index contributed by atoms with van der Waals surface area (Å²) in [7, 11) is 0. The van der Waals surface area contributed by atoms with E-state index in [1.807, 2.05) is 30.6 Å². The maximum atomic E-state index is 5.85. The number of fused-ring (bicyclic) bond motifs is 1. The van der Waals surface area contributed by atoms with Crippen LogP contribution in [0.4, 0.5) is 0 Å². The summed E-state index contributed by atoms with van der Waals surface area (Å²) in [6, 6.07) is 29.3. The molecule has 6 rings (SSSR count). The van der Waals surface area contributed by atoms with Gasteiger partial charge in [0.15, 0.2) is 5.11 Å². The largest absolute Gasteiger partial charge is 0.352 e. The Balaban J connectivity index is 1.46. The van der Waals surface area contributed by atoms with Gasteiger partial charge in [-0.15, -0.1) is 0 Å². The molecule has 1 saturated heterocycles. The van der Waals surface area contributed by atoms with Gasteiger partial charge in [-0.05, 0) is 71.0 Å². The number of aromatic nitrogens is 3. The standard InChI is InChI=1S/C28H23N5S/c34-28-31-26(24-10-3-4-15-30-24)27(33(28)19-20-7-5-14-29-18-20)25-11-6-16-32(25)23-13-12-21-8-1-2-9-22(21)17-23/h1-18,26-27H,19H2,(H,31,34)/t26-,27+/m0/s1. The van der Waals surface area contributed by atoms with Crippen LogP contribution in [0.25, 0.3) is 16.5 Å².